The Morgan fingerprint density at radius 2 is 1.59 bits per heavy atom. The Hall–Kier alpha value is -5.11. The summed E-state index contributed by atoms with van der Waals surface area (Å²) in [6.07, 6.45) is 7.99. The van der Waals surface area contributed by atoms with Crippen molar-refractivity contribution in [2.45, 2.75) is 143 Å². The number of carbonyl (C=O) groups excluding carboxylic acids is 3. The molecule has 9 rings (SSSR count). The molecule has 2 aromatic rings. The number of rotatable bonds is 7. The van der Waals surface area contributed by atoms with Gasteiger partial charge in [0.05, 0.1) is 41.2 Å². The van der Waals surface area contributed by atoms with E-state index in [1.807, 2.05) is 6.92 Å². The number of ether oxygens (including phenoxy) is 5. The van der Waals surface area contributed by atoms with Gasteiger partial charge >= 0.3 is 11.9 Å². The van der Waals surface area contributed by atoms with E-state index in [4.69, 9.17) is 28.7 Å². The number of carbonyl (C=O) groups is 3. The molecular formula is C56H80N6O12. The number of hydrogen-bond donors (Lipinski definition) is 6. The summed E-state index contributed by atoms with van der Waals surface area (Å²) in [5.41, 5.74) is -0.126. The highest BCUT2D eigenvalue weighted by atomic mass is 16.7. The van der Waals surface area contributed by atoms with Crippen molar-refractivity contribution >= 4 is 34.2 Å². The van der Waals surface area contributed by atoms with E-state index in [1.54, 1.807) is 58.9 Å². The highest BCUT2D eigenvalue weighted by Crippen LogP contribution is 2.51. The van der Waals surface area contributed by atoms with Crippen LogP contribution in [0.2, 0.25) is 0 Å². The van der Waals surface area contributed by atoms with E-state index in [1.165, 1.54) is 20.3 Å². The zero-order valence-corrected chi connectivity index (χ0v) is 45.0. The average Bonchev–Trinajstić information content (AvgIpc) is 3.88. The molecule has 18 heteroatoms. The molecule has 0 radical (unpaired) electrons. The monoisotopic (exact) mass is 1030 g/mol. The van der Waals surface area contributed by atoms with E-state index in [-0.39, 0.29) is 55.7 Å². The normalized spacial score (nSPS) is 32.3. The van der Waals surface area contributed by atoms with Crippen molar-refractivity contribution in [2.75, 3.05) is 64.9 Å². The number of hydrogen-bond acceptors (Lipinski definition) is 16. The maximum atomic E-state index is 15.0. The van der Waals surface area contributed by atoms with Crippen LogP contribution >= 0.6 is 0 Å². The predicted octanol–water partition coefficient (Wildman–Crippen LogP) is 5.80. The third-order valence-corrected chi connectivity index (χ3v) is 16.6. The molecule has 2 amide bonds. The summed E-state index contributed by atoms with van der Waals surface area (Å²) in [4.78, 5) is 57.4. The minimum Gasteiger partial charge on any atom is -0.507 e. The molecule has 7 aliphatic heterocycles. The molecule has 0 aliphatic carbocycles. The summed E-state index contributed by atoms with van der Waals surface area (Å²) in [6.45, 7) is 22.8. The first kappa shape index (κ1) is 55.1. The fourth-order valence-electron chi connectivity index (χ4n) is 11.9. The minimum atomic E-state index is -1.98. The van der Waals surface area contributed by atoms with E-state index in [0.717, 1.165) is 78.2 Å². The third-order valence-electron chi connectivity index (χ3n) is 16.6. The number of phenols is 2. The first-order valence-electron chi connectivity index (χ1n) is 26.8. The molecule has 3 fully saturated rings. The lowest BCUT2D eigenvalue weighted by Crippen LogP contribution is -2.50. The van der Waals surface area contributed by atoms with Crippen molar-refractivity contribution in [3.05, 3.63) is 58.0 Å². The van der Waals surface area contributed by atoms with Gasteiger partial charge in [0, 0.05) is 126 Å². The fourth-order valence-corrected chi connectivity index (χ4v) is 11.9. The molecule has 7 heterocycles. The number of likely N-dealkylation sites (tertiary alicyclic amines) is 2. The third kappa shape index (κ3) is 11.2. The van der Waals surface area contributed by atoms with Gasteiger partial charge in [0.1, 0.15) is 34.0 Å². The van der Waals surface area contributed by atoms with Crippen molar-refractivity contribution in [1.29, 1.82) is 0 Å². The molecule has 9 atom stereocenters. The van der Waals surface area contributed by atoms with Gasteiger partial charge in [-0.05, 0) is 57.4 Å². The zero-order valence-electron chi connectivity index (χ0n) is 45.0. The minimum absolute atomic E-state index is 0.0534. The van der Waals surface area contributed by atoms with Crippen LogP contribution in [-0.4, -0.2) is 150 Å². The molecular weight excluding hydrogens is 949 g/mol. The van der Waals surface area contributed by atoms with Crippen molar-refractivity contribution in [1.82, 2.24) is 15.1 Å². The lowest BCUT2D eigenvalue weighted by Gasteiger charge is -2.39. The summed E-state index contributed by atoms with van der Waals surface area (Å²) >= 11 is 0. The standard InChI is InChI=1S/C56H80N6O12/c1-30(2)28-62-23-19-56(20-24-62)59-43-40-41-48(65)36(8)51-42(40)52(67)55(9,74-51)72-27-18-39(70-10)33(5)50(73-54(69)57-38-14-21-61(22-15-38)29-37-16-25-71-26-17-37)35(7)47(64)34(6)46(63)31(3)12-11-13-32(4)53(68)58-45(49(41)66)44(43)60-56/h11-13,18,27,30-31,33-35,37-39,46-47,50,59,63-66H,14-17,19-26,28-29H2,1-10H3,(H,57,69)/b12-11+,27-18+,32-13-,58-45?/t31-,33+,34+,35+,39-,46-,47+,50+,55-/m0/s1. The molecule has 0 unspecified atom stereocenters. The van der Waals surface area contributed by atoms with Crippen LogP contribution in [0.5, 0.6) is 17.2 Å². The zero-order chi connectivity index (χ0) is 53.4. The van der Waals surface area contributed by atoms with Gasteiger partial charge in [0.2, 0.25) is 0 Å². The Morgan fingerprint density at radius 1 is 0.905 bits per heavy atom. The largest absolute Gasteiger partial charge is 0.507 e. The number of phenolic OH excluding ortho intramolecular Hbond substituents is 2. The molecule has 1 spiro atoms. The molecule has 18 nitrogen and oxygen atoms in total. The highest BCUT2D eigenvalue weighted by Gasteiger charge is 2.51. The summed E-state index contributed by atoms with van der Waals surface area (Å²) < 4.78 is 30.5. The van der Waals surface area contributed by atoms with Crippen molar-refractivity contribution < 1.29 is 58.5 Å². The van der Waals surface area contributed by atoms with Crippen LogP contribution in [0.1, 0.15) is 110 Å². The Bertz CT molecular complexity index is 2650. The molecule has 2 aromatic carbocycles. The lowest BCUT2D eigenvalue weighted by atomic mass is 9.78. The molecule has 0 aromatic heterocycles. The van der Waals surface area contributed by atoms with Crippen molar-refractivity contribution in [2.24, 2.45) is 45.5 Å². The van der Waals surface area contributed by atoms with Crippen LogP contribution in [0.15, 0.2) is 46.1 Å². The number of fused-ring (bicyclic) bond motifs is 13. The number of anilines is 1. The van der Waals surface area contributed by atoms with Crippen LogP contribution in [-0.2, 0) is 23.7 Å². The highest BCUT2D eigenvalue weighted by molar-refractivity contribution is 6.21. The van der Waals surface area contributed by atoms with E-state index < -0.39 is 83.1 Å². The second-order valence-corrected chi connectivity index (χ2v) is 22.5. The van der Waals surface area contributed by atoms with Gasteiger partial charge in [0.15, 0.2) is 5.75 Å². The maximum absolute atomic E-state index is 15.0. The number of ketones is 1. The van der Waals surface area contributed by atoms with E-state index >= 15 is 0 Å². The smallest absolute Gasteiger partial charge is 0.407 e. The number of Topliss-reactive ketones (excluding diaryl/α,β-unsaturated/α-hetero) is 1. The van der Waals surface area contributed by atoms with E-state index in [2.05, 4.69) is 39.3 Å². The van der Waals surface area contributed by atoms with Crippen LogP contribution in [0.3, 0.4) is 0 Å². The van der Waals surface area contributed by atoms with Gasteiger partial charge in [-0.25, -0.2) is 9.79 Å². The SMILES string of the molecule is CO[C@H]1/C=C/O[C@@]2(C)Oc3c(C)c(O)c4c(O)c(c5c(c4c3C2=O)NC2(CCN(CC(C)C)CC2)N=5)=NC(=O)/C(C)=C\C=C\[C@H](C)[C@H](O)[C@@H](C)[C@@H](O)[C@@H](C)[C@H](OC(=O)NC2CCN(CC3CCOCC3)CC2)[C@@H]1C. The van der Waals surface area contributed by atoms with Crippen LogP contribution in [0.25, 0.3) is 10.8 Å². The number of amides is 2. The topological polar surface area (TPSA) is 234 Å². The predicted molar refractivity (Wildman–Crippen MR) is 279 cm³/mol. The number of aliphatic hydroxyl groups is 2. The van der Waals surface area contributed by atoms with Gasteiger partial charge in [-0.2, -0.15) is 0 Å². The summed E-state index contributed by atoms with van der Waals surface area (Å²) in [5, 5.41) is 54.7. The van der Waals surface area contributed by atoms with Crippen molar-refractivity contribution in [3.8, 4) is 17.2 Å². The Labute approximate surface area is 434 Å². The van der Waals surface area contributed by atoms with Gasteiger partial charge in [-0.1, -0.05) is 59.8 Å². The first-order valence-corrected chi connectivity index (χ1v) is 26.8. The lowest BCUT2D eigenvalue weighted by molar-refractivity contribution is -0.114. The number of allylic oxidation sites excluding steroid dienone is 2. The van der Waals surface area contributed by atoms with Crippen LogP contribution in [0, 0.1) is 42.4 Å². The number of methoxy groups -OCH3 is 1. The van der Waals surface area contributed by atoms with E-state index in [9.17, 15) is 34.8 Å². The van der Waals surface area contributed by atoms with Crippen LogP contribution < -0.4 is 26.1 Å². The average molecular weight is 1030 g/mol. The maximum Gasteiger partial charge on any atom is 0.407 e. The summed E-state index contributed by atoms with van der Waals surface area (Å²) in [5.74, 6) is -5.60. The number of alkyl carbamates (subject to hydrolysis) is 1. The van der Waals surface area contributed by atoms with Gasteiger partial charge in [-0.15, -0.1) is 0 Å². The molecule has 0 saturated carbocycles. The summed E-state index contributed by atoms with van der Waals surface area (Å²) in [7, 11) is 1.50. The van der Waals surface area contributed by atoms with Crippen LogP contribution in [0.4, 0.5) is 10.5 Å². The number of nitrogens with zero attached hydrogens (tertiary/aromatic N) is 4. The molecule has 7 aliphatic rings. The molecule has 6 N–H and O–H groups in total. The second-order valence-electron chi connectivity index (χ2n) is 22.5. The second kappa shape index (κ2) is 22.6. The quantitative estimate of drug-likeness (QED) is 0.180. The number of piperidine rings is 2. The molecule has 74 heavy (non-hydrogen) atoms. The van der Waals surface area contributed by atoms with Gasteiger partial charge < -0.3 is 64.5 Å². The van der Waals surface area contributed by atoms with Gasteiger partial charge in [-0.3, -0.25) is 14.6 Å². The Kier molecular flexibility index (Phi) is 16.9. The van der Waals surface area contributed by atoms with Crippen molar-refractivity contribution in [3.63, 3.8) is 0 Å². The Morgan fingerprint density at radius 3 is 2.26 bits per heavy atom. The molecule has 3 saturated heterocycles. The molecule has 406 valence electrons. The van der Waals surface area contributed by atoms with Gasteiger partial charge in [0.25, 0.3) is 11.7 Å². The Balaban J connectivity index is 1.14. The number of aromatic hydroxyl groups is 2. The molecule has 5 bridgehead atoms. The first-order chi connectivity index (χ1) is 35.2. The van der Waals surface area contributed by atoms with E-state index in [0.29, 0.717) is 30.4 Å². The fraction of sp³-hybridized carbons (Fsp3) is 0.661. The number of benzene rings is 2. The number of aliphatic hydroxyl groups excluding tert-OH is 2. The number of nitrogens with one attached hydrogen (secondary N) is 2. The summed E-state index contributed by atoms with van der Waals surface area (Å²) in [6, 6.07) is -0.108.